The van der Waals surface area contributed by atoms with Crippen LogP contribution in [-0.2, 0) is 4.79 Å². The number of hydrogen-bond donors (Lipinski definition) is 2. The number of nitrogens with one attached hydrogen (secondary N) is 1. The molecule has 3 heterocycles. The molecule has 0 saturated carbocycles. The molecule has 1 aliphatic heterocycles. The van der Waals surface area contributed by atoms with Crippen molar-refractivity contribution in [3.05, 3.63) is 58.6 Å². The lowest BCUT2D eigenvalue weighted by atomic mass is 9.97. The lowest BCUT2D eigenvalue weighted by molar-refractivity contribution is -0.130. The molecule has 0 bridgehead atoms. The van der Waals surface area contributed by atoms with Crippen LogP contribution in [-0.4, -0.2) is 45.4 Å². The smallest absolute Gasteiger partial charge is 0.236 e. The van der Waals surface area contributed by atoms with Gasteiger partial charge in [-0.1, -0.05) is 29.3 Å². The van der Waals surface area contributed by atoms with Crippen LogP contribution in [0, 0.1) is 0 Å². The number of likely N-dealkylation sites (tertiary alicyclic amines) is 1. The predicted molar refractivity (Wildman–Crippen MR) is 115 cm³/mol. The van der Waals surface area contributed by atoms with Gasteiger partial charge in [0, 0.05) is 42.5 Å². The van der Waals surface area contributed by atoms with Crippen molar-refractivity contribution in [2.24, 2.45) is 5.73 Å². The topological polar surface area (TPSA) is 87.9 Å². The number of H-pyrrole nitrogens is 1. The van der Waals surface area contributed by atoms with Crippen molar-refractivity contribution in [1.29, 1.82) is 0 Å². The van der Waals surface area contributed by atoms with E-state index < -0.39 is 0 Å². The second-order valence-electron chi connectivity index (χ2n) is 7.09. The summed E-state index contributed by atoms with van der Waals surface area (Å²) in [5.74, 6) is 0.948. The van der Waals surface area contributed by atoms with Crippen molar-refractivity contribution in [3.63, 3.8) is 0 Å². The van der Waals surface area contributed by atoms with E-state index in [0.29, 0.717) is 16.6 Å². The number of carbonyl (C=O) groups excluding carboxylic acids is 1. The van der Waals surface area contributed by atoms with Gasteiger partial charge >= 0.3 is 0 Å². The molecule has 4 rings (SSSR count). The van der Waals surface area contributed by atoms with Crippen LogP contribution in [0.3, 0.4) is 0 Å². The third-order valence-corrected chi connectivity index (χ3v) is 5.96. The van der Waals surface area contributed by atoms with E-state index in [0.717, 1.165) is 47.7 Å². The number of carbonyl (C=O) groups is 1. The number of hydrogen-bond acceptors (Lipinski definition) is 4. The average molecular weight is 430 g/mol. The number of aromatic nitrogens is 3. The molecule has 3 aromatic rings. The molecular weight excluding hydrogens is 409 g/mol. The van der Waals surface area contributed by atoms with E-state index in [-0.39, 0.29) is 18.4 Å². The number of amides is 1. The summed E-state index contributed by atoms with van der Waals surface area (Å²) in [7, 11) is 0. The van der Waals surface area contributed by atoms with Crippen molar-refractivity contribution in [2.75, 3.05) is 19.6 Å². The molecule has 1 aromatic carbocycles. The third-order valence-electron chi connectivity index (χ3n) is 5.22. The number of nitrogens with two attached hydrogens (primary N) is 1. The quantitative estimate of drug-likeness (QED) is 0.652. The molecule has 1 aliphatic rings. The van der Waals surface area contributed by atoms with Crippen molar-refractivity contribution >= 4 is 29.1 Å². The van der Waals surface area contributed by atoms with Gasteiger partial charge in [-0.15, -0.1) is 0 Å². The van der Waals surface area contributed by atoms with Crippen molar-refractivity contribution < 1.29 is 4.79 Å². The van der Waals surface area contributed by atoms with Crippen LogP contribution in [0.2, 0.25) is 10.0 Å². The fraction of sp³-hybridized carbons (Fsp3) is 0.286. The number of aromatic amines is 1. The molecule has 6 nitrogen and oxygen atoms in total. The zero-order chi connectivity index (χ0) is 20.4. The minimum absolute atomic E-state index is 0.0275. The van der Waals surface area contributed by atoms with E-state index in [1.54, 1.807) is 18.5 Å². The standard InChI is InChI=1S/C21H21Cl2N5O/c22-16-4-3-14(10-17(16)23)20-19(13-5-7-25-8-6-13)26-21(27-20)15-2-1-9-28(12-15)18(29)11-24/h3-8,10,15H,1-2,9,11-12,24H2,(H,26,27). The Morgan fingerprint density at radius 2 is 1.97 bits per heavy atom. The summed E-state index contributed by atoms with van der Waals surface area (Å²) in [5.41, 5.74) is 9.09. The zero-order valence-corrected chi connectivity index (χ0v) is 17.2. The van der Waals surface area contributed by atoms with Crippen LogP contribution in [0.25, 0.3) is 22.5 Å². The summed E-state index contributed by atoms with van der Waals surface area (Å²) in [6.45, 7) is 1.38. The minimum Gasteiger partial charge on any atom is -0.341 e. The van der Waals surface area contributed by atoms with Gasteiger partial charge in [0.2, 0.25) is 5.91 Å². The van der Waals surface area contributed by atoms with Crippen molar-refractivity contribution in [3.8, 4) is 22.5 Å². The first-order chi connectivity index (χ1) is 14.1. The number of nitrogens with zero attached hydrogens (tertiary/aromatic N) is 3. The number of imidazole rings is 1. The molecule has 1 unspecified atom stereocenters. The summed E-state index contributed by atoms with van der Waals surface area (Å²) in [6.07, 6.45) is 5.37. The van der Waals surface area contributed by atoms with E-state index in [1.165, 1.54) is 0 Å². The van der Waals surface area contributed by atoms with Gasteiger partial charge in [0.05, 0.1) is 28.0 Å². The highest BCUT2D eigenvalue weighted by atomic mass is 35.5. The SMILES string of the molecule is NCC(=O)N1CCCC(c2nc(-c3ccc(Cl)c(Cl)c3)c(-c3ccncc3)[nH]2)C1. The molecule has 2 aromatic heterocycles. The minimum atomic E-state index is -0.0275. The van der Waals surface area contributed by atoms with Gasteiger partial charge in [0.1, 0.15) is 5.82 Å². The summed E-state index contributed by atoms with van der Waals surface area (Å²) in [4.78, 5) is 26.4. The van der Waals surface area contributed by atoms with E-state index in [1.807, 2.05) is 29.2 Å². The van der Waals surface area contributed by atoms with E-state index in [9.17, 15) is 4.79 Å². The Morgan fingerprint density at radius 3 is 2.69 bits per heavy atom. The van der Waals surface area contributed by atoms with Crippen LogP contribution < -0.4 is 5.73 Å². The average Bonchev–Trinajstić information content (AvgIpc) is 3.21. The predicted octanol–water partition coefficient (Wildman–Crippen LogP) is 4.11. The Bertz CT molecular complexity index is 1020. The Hall–Kier alpha value is -2.41. The molecule has 150 valence electrons. The van der Waals surface area contributed by atoms with Gasteiger partial charge in [0.15, 0.2) is 0 Å². The molecule has 1 fully saturated rings. The van der Waals surface area contributed by atoms with Gasteiger partial charge < -0.3 is 15.6 Å². The first-order valence-electron chi connectivity index (χ1n) is 9.50. The lowest BCUT2D eigenvalue weighted by Crippen LogP contribution is -2.42. The fourth-order valence-electron chi connectivity index (χ4n) is 3.72. The molecule has 0 aliphatic carbocycles. The van der Waals surface area contributed by atoms with Crippen LogP contribution in [0.5, 0.6) is 0 Å². The Balaban J connectivity index is 1.75. The number of rotatable bonds is 4. The lowest BCUT2D eigenvalue weighted by Gasteiger charge is -2.31. The molecule has 0 spiro atoms. The van der Waals surface area contributed by atoms with E-state index in [4.69, 9.17) is 33.9 Å². The van der Waals surface area contributed by atoms with Gasteiger partial charge in [-0.05, 0) is 37.1 Å². The summed E-state index contributed by atoms with van der Waals surface area (Å²) in [5, 5.41) is 0.978. The molecular formula is C21H21Cl2N5O. The van der Waals surface area contributed by atoms with Gasteiger partial charge in [-0.25, -0.2) is 4.98 Å². The highest BCUT2D eigenvalue weighted by Gasteiger charge is 2.27. The summed E-state index contributed by atoms with van der Waals surface area (Å²) < 4.78 is 0. The third kappa shape index (κ3) is 4.15. The number of halogens is 2. The van der Waals surface area contributed by atoms with Crippen LogP contribution in [0.1, 0.15) is 24.6 Å². The number of pyridine rings is 1. The van der Waals surface area contributed by atoms with Gasteiger partial charge in [-0.2, -0.15) is 0 Å². The maximum Gasteiger partial charge on any atom is 0.236 e. The molecule has 29 heavy (non-hydrogen) atoms. The zero-order valence-electron chi connectivity index (χ0n) is 15.7. The van der Waals surface area contributed by atoms with Crippen LogP contribution in [0.15, 0.2) is 42.7 Å². The second kappa shape index (κ2) is 8.53. The molecule has 1 amide bonds. The van der Waals surface area contributed by atoms with Crippen LogP contribution >= 0.6 is 23.2 Å². The van der Waals surface area contributed by atoms with Gasteiger partial charge in [-0.3, -0.25) is 9.78 Å². The van der Waals surface area contributed by atoms with Gasteiger partial charge in [0.25, 0.3) is 0 Å². The van der Waals surface area contributed by atoms with E-state index in [2.05, 4.69) is 9.97 Å². The maximum absolute atomic E-state index is 12.1. The number of benzene rings is 1. The van der Waals surface area contributed by atoms with Crippen LogP contribution in [0.4, 0.5) is 0 Å². The summed E-state index contributed by atoms with van der Waals surface area (Å²) in [6, 6.07) is 9.36. The Labute approximate surface area is 179 Å². The second-order valence-corrected chi connectivity index (χ2v) is 7.91. The molecule has 3 N–H and O–H groups in total. The molecule has 8 heteroatoms. The van der Waals surface area contributed by atoms with Crippen molar-refractivity contribution in [1.82, 2.24) is 19.9 Å². The monoisotopic (exact) mass is 429 g/mol. The molecule has 1 atom stereocenters. The highest BCUT2D eigenvalue weighted by Crippen LogP contribution is 2.36. The fourth-order valence-corrected chi connectivity index (χ4v) is 4.02. The highest BCUT2D eigenvalue weighted by molar-refractivity contribution is 6.42. The van der Waals surface area contributed by atoms with E-state index >= 15 is 0 Å². The molecule has 1 saturated heterocycles. The number of piperidine rings is 1. The first kappa shape index (κ1) is 19.9. The normalized spacial score (nSPS) is 16.8. The Kier molecular flexibility index (Phi) is 5.85. The largest absolute Gasteiger partial charge is 0.341 e. The molecule has 0 radical (unpaired) electrons. The summed E-state index contributed by atoms with van der Waals surface area (Å²) >= 11 is 12.3. The maximum atomic E-state index is 12.1. The first-order valence-corrected chi connectivity index (χ1v) is 10.3. The van der Waals surface area contributed by atoms with Crippen molar-refractivity contribution in [2.45, 2.75) is 18.8 Å². The Morgan fingerprint density at radius 1 is 1.17 bits per heavy atom.